The van der Waals surface area contributed by atoms with Gasteiger partial charge in [-0.25, -0.2) is 9.59 Å². The molecule has 2 N–H and O–H groups in total. The molecule has 29 heavy (non-hydrogen) atoms. The first kappa shape index (κ1) is 21.1. The highest BCUT2D eigenvalue weighted by Crippen LogP contribution is 2.42. The first-order valence-corrected chi connectivity index (χ1v) is 10.2. The first-order valence-electron chi connectivity index (χ1n) is 10.2. The van der Waals surface area contributed by atoms with E-state index in [0.717, 1.165) is 24.8 Å². The fraction of sp³-hybridized carbons (Fsp3) is 0.591. The molecule has 1 saturated carbocycles. The van der Waals surface area contributed by atoms with Crippen molar-refractivity contribution >= 4 is 18.0 Å². The monoisotopic (exact) mass is 402 g/mol. The van der Waals surface area contributed by atoms with Gasteiger partial charge in [0.2, 0.25) is 5.91 Å². The van der Waals surface area contributed by atoms with E-state index in [-0.39, 0.29) is 24.5 Å². The van der Waals surface area contributed by atoms with Crippen LogP contribution in [0.5, 0.6) is 0 Å². The molecule has 1 aromatic carbocycles. The zero-order valence-corrected chi connectivity index (χ0v) is 17.3. The summed E-state index contributed by atoms with van der Waals surface area (Å²) in [4.78, 5) is 39.2. The normalized spacial score (nSPS) is 24.7. The third-order valence-corrected chi connectivity index (χ3v) is 5.97. The zero-order chi connectivity index (χ0) is 21.2. The lowest BCUT2D eigenvalue weighted by atomic mass is 9.85. The molecule has 1 saturated heterocycles. The van der Waals surface area contributed by atoms with Gasteiger partial charge in [0, 0.05) is 6.04 Å². The number of carbonyl (C=O) groups is 3. The standard InChI is InChI=1S/C22H30N2O5/c1-22(2,3)18(23-21(28)29-13-14-8-5-4-6-9-14)19(25)24-16-11-7-10-15(16)12-17(24)20(26)27/h4-6,8-9,15-18H,7,10-13H2,1-3H3,(H,23,28)(H,26,27). The lowest BCUT2D eigenvalue weighted by Gasteiger charge is -2.37. The van der Waals surface area contributed by atoms with Crippen LogP contribution in [0.4, 0.5) is 4.79 Å². The van der Waals surface area contributed by atoms with Gasteiger partial charge >= 0.3 is 12.1 Å². The van der Waals surface area contributed by atoms with Gasteiger partial charge in [-0.15, -0.1) is 0 Å². The van der Waals surface area contributed by atoms with Crippen molar-refractivity contribution in [3.8, 4) is 0 Å². The van der Waals surface area contributed by atoms with Crippen LogP contribution in [0.2, 0.25) is 0 Å². The van der Waals surface area contributed by atoms with Gasteiger partial charge in [0.25, 0.3) is 0 Å². The molecule has 0 aromatic heterocycles. The minimum Gasteiger partial charge on any atom is -0.480 e. The summed E-state index contributed by atoms with van der Waals surface area (Å²) < 4.78 is 5.29. The number of nitrogens with one attached hydrogen (secondary N) is 1. The summed E-state index contributed by atoms with van der Waals surface area (Å²) in [5.41, 5.74) is 0.253. The molecule has 7 heteroatoms. The van der Waals surface area contributed by atoms with Crippen molar-refractivity contribution in [2.75, 3.05) is 0 Å². The van der Waals surface area contributed by atoms with Crippen LogP contribution in [0.3, 0.4) is 0 Å². The van der Waals surface area contributed by atoms with Crippen LogP contribution in [0.25, 0.3) is 0 Å². The van der Waals surface area contributed by atoms with Gasteiger partial charge in [0.15, 0.2) is 0 Å². The summed E-state index contributed by atoms with van der Waals surface area (Å²) >= 11 is 0. The minimum atomic E-state index is -0.980. The van der Waals surface area contributed by atoms with Gasteiger partial charge in [0.05, 0.1) is 0 Å². The van der Waals surface area contributed by atoms with Crippen molar-refractivity contribution < 1.29 is 24.2 Å². The Kier molecular flexibility index (Phi) is 6.15. The zero-order valence-electron chi connectivity index (χ0n) is 17.3. The number of amides is 2. The maximum absolute atomic E-state index is 13.5. The third-order valence-electron chi connectivity index (χ3n) is 5.97. The van der Waals surface area contributed by atoms with E-state index in [4.69, 9.17) is 4.74 Å². The molecule has 3 rings (SSSR count). The van der Waals surface area contributed by atoms with E-state index < -0.39 is 29.6 Å². The van der Waals surface area contributed by atoms with Gasteiger partial charge in [-0.1, -0.05) is 57.5 Å². The SMILES string of the molecule is CC(C)(C)C(NC(=O)OCc1ccccc1)C(=O)N1C(C(=O)O)CC2CCCC21. The largest absolute Gasteiger partial charge is 0.480 e. The number of carbonyl (C=O) groups excluding carboxylic acids is 2. The Labute approximate surface area is 171 Å². The molecule has 1 aromatic rings. The number of hydrogen-bond donors (Lipinski definition) is 2. The topological polar surface area (TPSA) is 95.9 Å². The Morgan fingerprint density at radius 1 is 1.21 bits per heavy atom. The van der Waals surface area contributed by atoms with E-state index in [1.807, 2.05) is 51.1 Å². The highest BCUT2D eigenvalue weighted by atomic mass is 16.5. The maximum Gasteiger partial charge on any atom is 0.408 e. The number of aliphatic carboxylic acids is 1. The molecule has 2 fully saturated rings. The van der Waals surface area contributed by atoms with E-state index in [1.54, 1.807) is 0 Å². The van der Waals surface area contributed by atoms with Crippen LogP contribution in [0.1, 0.15) is 52.0 Å². The summed E-state index contributed by atoms with van der Waals surface area (Å²) in [7, 11) is 0. The fourth-order valence-electron chi connectivity index (χ4n) is 4.51. The minimum absolute atomic E-state index is 0.0596. The second-order valence-corrected chi connectivity index (χ2v) is 9.10. The lowest BCUT2D eigenvalue weighted by Crippen LogP contribution is -2.58. The Bertz CT molecular complexity index is 758. The third kappa shape index (κ3) is 4.71. The Morgan fingerprint density at radius 2 is 1.90 bits per heavy atom. The highest BCUT2D eigenvalue weighted by molar-refractivity contribution is 5.90. The number of likely N-dealkylation sites (tertiary alicyclic amines) is 1. The number of ether oxygens (including phenoxy) is 1. The van der Waals surface area contributed by atoms with Crippen LogP contribution in [-0.2, 0) is 20.9 Å². The summed E-state index contributed by atoms with van der Waals surface area (Å²) in [5, 5.41) is 12.4. The summed E-state index contributed by atoms with van der Waals surface area (Å²) in [6.45, 7) is 5.66. The summed E-state index contributed by atoms with van der Waals surface area (Å²) in [5.74, 6) is -1.09. The molecular weight excluding hydrogens is 372 g/mol. The number of carboxylic acids is 1. The molecule has 1 aliphatic heterocycles. The van der Waals surface area contributed by atoms with Gasteiger partial charge in [-0.2, -0.15) is 0 Å². The van der Waals surface area contributed by atoms with Crippen molar-refractivity contribution in [3.63, 3.8) is 0 Å². The van der Waals surface area contributed by atoms with E-state index in [2.05, 4.69) is 5.32 Å². The molecule has 1 heterocycles. The molecular formula is C22H30N2O5. The number of carboxylic acid groups (broad SMARTS) is 1. The van der Waals surface area contributed by atoms with Crippen molar-refractivity contribution in [1.82, 2.24) is 10.2 Å². The molecule has 0 radical (unpaired) electrons. The number of alkyl carbamates (subject to hydrolysis) is 1. The second-order valence-electron chi connectivity index (χ2n) is 9.10. The van der Waals surface area contributed by atoms with Gasteiger partial charge < -0.3 is 20.1 Å². The predicted molar refractivity (Wildman–Crippen MR) is 107 cm³/mol. The summed E-state index contributed by atoms with van der Waals surface area (Å²) in [6, 6.07) is 7.53. The molecule has 7 nitrogen and oxygen atoms in total. The molecule has 2 amide bonds. The van der Waals surface area contributed by atoms with Crippen LogP contribution in [-0.4, -0.2) is 46.1 Å². The molecule has 4 unspecified atom stereocenters. The van der Waals surface area contributed by atoms with Gasteiger partial charge in [0.1, 0.15) is 18.7 Å². The second kappa shape index (κ2) is 8.43. The number of hydrogen-bond acceptors (Lipinski definition) is 4. The first-order chi connectivity index (χ1) is 13.7. The highest BCUT2D eigenvalue weighted by Gasteiger charge is 2.51. The van der Waals surface area contributed by atoms with E-state index in [0.29, 0.717) is 6.42 Å². The molecule has 158 valence electrons. The number of rotatable bonds is 5. The Balaban J connectivity index is 1.73. The van der Waals surface area contributed by atoms with E-state index in [1.165, 1.54) is 4.90 Å². The maximum atomic E-state index is 13.5. The van der Waals surface area contributed by atoms with Crippen LogP contribution in [0, 0.1) is 11.3 Å². The van der Waals surface area contributed by atoms with Crippen molar-refractivity contribution in [1.29, 1.82) is 0 Å². The van der Waals surface area contributed by atoms with Crippen LogP contribution >= 0.6 is 0 Å². The fourth-order valence-corrected chi connectivity index (χ4v) is 4.51. The molecule has 4 atom stereocenters. The number of benzene rings is 1. The number of fused-ring (bicyclic) bond motifs is 1. The molecule has 0 bridgehead atoms. The van der Waals surface area contributed by atoms with Gasteiger partial charge in [-0.3, -0.25) is 4.79 Å². The molecule has 2 aliphatic rings. The lowest BCUT2D eigenvalue weighted by molar-refractivity contribution is -0.151. The summed E-state index contributed by atoms with van der Waals surface area (Å²) in [6.07, 6.45) is 2.57. The van der Waals surface area contributed by atoms with E-state index in [9.17, 15) is 19.5 Å². The predicted octanol–water partition coefficient (Wildman–Crippen LogP) is 3.18. The van der Waals surface area contributed by atoms with Crippen molar-refractivity contribution in [2.24, 2.45) is 11.3 Å². The van der Waals surface area contributed by atoms with Crippen LogP contribution < -0.4 is 5.32 Å². The molecule has 0 spiro atoms. The smallest absolute Gasteiger partial charge is 0.408 e. The van der Waals surface area contributed by atoms with Gasteiger partial charge in [-0.05, 0) is 36.2 Å². The average Bonchev–Trinajstić information content (AvgIpc) is 3.25. The molecule has 1 aliphatic carbocycles. The Morgan fingerprint density at radius 3 is 2.52 bits per heavy atom. The Hall–Kier alpha value is -2.57. The number of nitrogens with zero attached hydrogens (tertiary/aromatic N) is 1. The van der Waals surface area contributed by atoms with Crippen molar-refractivity contribution in [2.45, 2.75) is 71.2 Å². The average molecular weight is 402 g/mol. The van der Waals surface area contributed by atoms with Crippen LogP contribution in [0.15, 0.2) is 30.3 Å². The quantitative estimate of drug-likeness (QED) is 0.789. The van der Waals surface area contributed by atoms with Crippen molar-refractivity contribution in [3.05, 3.63) is 35.9 Å². The van der Waals surface area contributed by atoms with E-state index >= 15 is 0 Å².